The smallest absolute Gasteiger partial charge is 0.416 e. The quantitative estimate of drug-likeness (QED) is 0.109. The summed E-state index contributed by atoms with van der Waals surface area (Å²) >= 11 is 0. The molecule has 5 rings (SSSR count). The normalized spacial score (nSPS) is 17.1. The first-order chi connectivity index (χ1) is 22.2. The number of carbonyl (C=O) groups is 2. The third kappa shape index (κ3) is 8.00. The van der Waals surface area contributed by atoms with E-state index in [1.165, 1.54) is 22.5 Å². The molecule has 1 atom stereocenters. The van der Waals surface area contributed by atoms with Gasteiger partial charge in [-0.2, -0.15) is 26.3 Å². The summed E-state index contributed by atoms with van der Waals surface area (Å²) in [4.78, 5) is 31.5. The Labute approximate surface area is 265 Å². The van der Waals surface area contributed by atoms with E-state index in [-0.39, 0.29) is 49.9 Å². The Morgan fingerprint density at radius 1 is 0.957 bits per heavy atom. The van der Waals surface area contributed by atoms with E-state index in [0.29, 0.717) is 11.8 Å². The molecule has 2 heterocycles. The molecule has 1 fully saturated rings. The summed E-state index contributed by atoms with van der Waals surface area (Å²) in [6, 6.07) is 17.3. The van der Waals surface area contributed by atoms with Crippen molar-refractivity contribution in [3.8, 4) is 5.75 Å². The first-order valence-corrected chi connectivity index (χ1v) is 14.5. The van der Waals surface area contributed by atoms with Gasteiger partial charge in [-0.15, -0.1) is 0 Å². The minimum atomic E-state index is -5.04. The number of amides is 2. The Morgan fingerprint density at radius 3 is 2.36 bits per heavy atom. The van der Waals surface area contributed by atoms with Gasteiger partial charge in [0.25, 0.3) is 5.91 Å². The number of benzene rings is 3. The number of para-hydroxylation sites is 1. The van der Waals surface area contributed by atoms with Crippen molar-refractivity contribution in [2.24, 2.45) is 0 Å². The van der Waals surface area contributed by atoms with Crippen LogP contribution in [0.15, 0.2) is 72.8 Å². The van der Waals surface area contributed by atoms with Crippen molar-refractivity contribution in [1.82, 2.24) is 20.7 Å². The fourth-order valence-electron chi connectivity index (χ4n) is 5.82. The van der Waals surface area contributed by atoms with Crippen molar-refractivity contribution in [3.63, 3.8) is 0 Å². The van der Waals surface area contributed by atoms with Crippen molar-refractivity contribution in [2.75, 3.05) is 13.1 Å². The summed E-state index contributed by atoms with van der Waals surface area (Å²) in [5.41, 5.74) is -0.181. The fourth-order valence-corrected chi connectivity index (χ4v) is 5.82. The van der Waals surface area contributed by atoms with Crippen LogP contribution in [0.4, 0.5) is 26.3 Å². The second-order valence-corrected chi connectivity index (χ2v) is 11.5. The Morgan fingerprint density at radius 2 is 1.68 bits per heavy atom. The average Bonchev–Trinajstić information content (AvgIpc) is 3.40. The van der Waals surface area contributed by atoms with Crippen LogP contribution in [-0.4, -0.2) is 45.5 Å². The van der Waals surface area contributed by atoms with Gasteiger partial charge in [0.15, 0.2) is 0 Å². The highest BCUT2D eigenvalue weighted by atomic mass is 19.4. The van der Waals surface area contributed by atoms with Crippen LogP contribution in [0.25, 0.3) is 10.9 Å². The summed E-state index contributed by atoms with van der Waals surface area (Å²) < 4.78 is 86.5. The van der Waals surface area contributed by atoms with Gasteiger partial charge in [-0.1, -0.05) is 24.3 Å². The summed E-state index contributed by atoms with van der Waals surface area (Å²) in [5, 5.41) is 12.9. The number of nitrogens with zero attached hydrogens (tertiary/aromatic N) is 2. The number of halogens is 6. The van der Waals surface area contributed by atoms with Gasteiger partial charge >= 0.3 is 12.4 Å². The lowest BCUT2D eigenvalue weighted by Crippen LogP contribution is -2.52. The minimum absolute atomic E-state index is 0.0767. The van der Waals surface area contributed by atoms with Crippen molar-refractivity contribution in [3.05, 3.63) is 106 Å². The van der Waals surface area contributed by atoms with Crippen LogP contribution in [0.2, 0.25) is 0 Å². The summed E-state index contributed by atoms with van der Waals surface area (Å²) in [5.74, 6) is -0.927. The molecule has 4 aromatic rings. The SMILES string of the molecule is Cc1cc(COc2ccc(C(=O)NC3(CC(=O)NO)CCN(Cc4ccc(C(F)(F)F)cc4C(F)(F)F)C3)cc2)c2ccccc2n1. The maximum Gasteiger partial charge on any atom is 0.416 e. The number of alkyl halides is 6. The number of likely N-dealkylation sites (tertiary alicyclic amines) is 1. The summed E-state index contributed by atoms with van der Waals surface area (Å²) in [6.07, 6.45) is -10.3. The highest BCUT2D eigenvalue weighted by Crippen LogP contribution is 2.38. The molecule has 2 amide bonds. The van der Waals surface area contributed by atoms with E-state index >= 15 is 0 Å². The standard InChI is InChI=1S/C33H30F6N4O4/c1-20-14-23(26-4-2-3-5-28(26)40-20)18-47-25-10-7-21(8-11-25)30(45)41-31(16-29(44)42-46)12-13-43(19-31)17-22-6-9-24(32(34,35)36)15-27(22)33(37,38)39/h2-11,14-15,46H,12-13,16-19H2,1H3,(H,41,45)(H,42,44). The van der Waals surface area contributed by atoms with Crippen LogP contribution in [0.5, 0.6) is 5.75 Å². The second kappa shape index (κ2) is 13.2. The number of aryl methyl sites for hydroxylation is 1. The lowest BCUT2D eigenvalue weighted by molar-refractivity contribution is -0.143. The highest BCUT2D eigenvalue weighted by Gasteiger charge is 2.43. The first kappa shape index (κ1) is 33.7. The molecule has 0 saturated carbocycles. The monoisotopic (exact) mass is 660 g/mol. The molecule has 47 heavy (non-hydrogen) atoms. The lowest BCUT2D eigenvalue weighted by Gasteiger charge is -2.30. The first-order valence-electron chi connectivity index (χ1n) is 14.5. The molecule has 1 aliphatic heterocycles. The molecule has 14 heteroatoms. The highest BCUT2D eigenvalue weighted by molar-refractivity contribution is 5.95. The Hall–Kier alpha value is -4.69. The zero-order valence-electron chi connectivity index (χ0n) is 25.0. The zero-order valence-corrected chi connectivity index (χ0v) is 25.0. The van der Waals surface area contributed by atoms with Gasteiger partial charge in [0, 0.05) is 41.8 Å². The Kier molecular flexibility index (Phi) is 9.46. The molecule has 1 aromatic heterocycles. The molecule has 0 bridgehead atoms. The molecule has 0 spiro atoms. The number of hydroxylamine groups is 1. The minimum Gasteiger partial charge on any atom is -0.489 e. The third-order valence-electron chi connectivity index (χ3n) is 8.01. The van der Waals surface area contributed by atoms with Crippen molar-refractivity contribution in [2.45, 2.75) is 50.8 Å². The molecular formula is C33H30F6N4O4. The Balaban J connectivity index is 1.28. The van der Waals surface area contributed by atoms with Gasteiger partial charge in [0.1, 0.15) is 12.4 Å². The van der Waals surface area contributed by atoms with Crippen LogP contribution in [0, 0.1) is 6.92 Å². The predicted molar refractivity (Wildman–Crippen MR) is 158 cm³/mol. The maximum atomic E-state index is 13.7. The fraction of sp³-hybridized carbons (Fsp3) is 0.303. The Bertz CT molecular complexity index is 1780. The number of nitrogens with one attached hydrogen (secondary N) is 2. The van der Waals surface area contributed by atoms with Crippen LogP contribution in [0.3, 0.4) is 0 Å². The number of aromatic nitrogens is 1. The molecule has 3 N–H and O–H groups in total. The molecule has 1 aliphatic rings. The predicted octanol–water partition coefficient (Wildman–Crippen LogP) is 6.43. The van der Waals surface area contributed by atoms with Crippen LogP contribution in [-0.2, 0) is 30.3 Å². The van der Waals surface area contributed by atoms with E-state index in [1.54, 1.807) is 12.1 Å². The van der Waals surface area contributed by atoms with Gasteiger partial charge in [-0.3, -0.25) is 24.7 Å². The number of hydrogen-bond acceptors (Lipinski definition) is 6. The van der Waals surface area contributed by atoms with E-state index in [9.17, 15) is 35.9 Å². The van der Waals surface area contributed by atoms with Gasteiger partial charge in [0.05, 0.1) is 28.6 Å². The van der Waals surface area contributed by atoms with Crippen molar-refractivity contribution in [1.29, 1.82) is 0 Å². The number of carbonyl (C=O) groups excluding carboxylic acids is 2. The van der Waals surface area contributed by atoms with Crippen molar-refractivity contribution < 1.29 is 45.9 Å². The topological polar surface area (TPSA) is 104 Å². The number of rotatable bonds is 9. The van der Waals surface area contributed by atoms with Crippen LogP contribution in [0.1, 0.15) is 51.1 Å². The molecule has 0 radical (unpaired) electrons. The number of ether oxygens (including phenoxy) is 1. The number of pyridine rings is 1. The lowest BCUT2D eigenvalue weighted by atomic mass is 9.93. The second-order valence-electron chi connectivity index (χ2n) is 11.5. The summed E-state index contributed by atoms with van der Waals surface area (Å²) in [7, 11) is 0. The van der Waals surface area contributed by atoms with E-state index in [0.717, 1.165) is 28.2 Å². The van der Waals surface area contributed by atoms with Crippen LogP contribution >= 0.6 is 0 Å². The summed E-state index contributed by atoms with van der Waals surface area (Å²) in [6.45, 7) is 1.76. The average molecular weight is 661 g/mol. The van der Waals surface area contributed by atoms with Crippen molar-refractivity contribution >= 4 is 22.7 Å². The van der Waals surface area contributed by atoms with E-state index < -0.39 is 47.3 Å². The van der Waals surface area contributed by atoms with E-state index in [2.05, 4.69) is 10.3 Å². The number of fused-ring (bicyclic) bond motifs is 1. The molecular weight excluding hydrogens is 630 g/mol. The third-order valence-corrected chi connectivity index (χ3v) is 8.01. The number of hydrogen-bond donors (Lipinski definition) is 3. The maximum absolute atomic E-state index is 13.7. The van der Waals surface area contributed by atoms with Gasteiger partial charge in [-0.25, -0.2) is 5.48 Å². The van der Waals surface area contributed by atoms with Crippen LogP contribution < -0.4 is 15.5 Å². The van der Waals surface area contributed by atoms with Gasteiger partial charge < -0.3 is 10.1 Å². The molecule has 248 valence electrons. The van der Waals surface area contributed by atoms with Gasteiger partial charge in [-0.05, 0) is 67.4 Å². The van der Waals surface area contributed by atoms with Gasteiger partial charge in [0.2, 0.25) is 5.91 Å². The molecule has 1 saturated heterocycles. The van der Waals surface area contributed by atoms with E-state index in [4.69, 9.17) is 9.94 Å². The van der Waals surface area contributed by atoms with E-state index in [1.807, 2.05) is 37.3 Å². The molecule has 3 aromatic carbocycles. The largest absolute Gasteiger partial charge is 0.489 e. The zero-order chi connectivity index (χ0) is 34.0. The molecule has 1 unspecified atom stereocenters. The molecule has 0 aliphatic carbocycles. The molecule has 8 nitrogen and oxygen atoms in total.